The Morgan fingerprint density at radius 3 is 2.29 bits per heavy atom. The number of piperidine rings is 1. The second-order valence-corrected chi connectivity index (χ2v) is 7.03. The normalized spacial score (nSPS) is 15.8. The predicted octanol–water partition coefficient (Wildman–Crippen LogP) is 5.19. The largest absolute Gasteiger partial charge is 0.355 e. The number of benzene rings is 2. The van der Waals surface area contributed by atoms with E-state index in [-0.39, 0.29) is 0 Å². The van der Waals surface area contributed by atoms with Crippen LogP contribution in [0.1, 0.15) is 19.8 Å². The summed E-state index contributed by atoms with van der Waals surface area (Å²) in [4.78, 5) is 2.38. The van der Waals surface area contributed by atoms with Crippen LogP contribution >= 0.6 is 11.6 Å². The van der Waals surface area contributed by atoms with E-state index in [1.165, 1.54) is 18.2 Å². The summed E-state index contributed by atoms with van der Waals surface area (Å²) >= 11 is 6.01. The molecule has 24 heavy (non-hydrogen) atoms. The Labute approximate surface area is 147 Å². The summed E-state index contributed by atoms with van der Waals surface area (Å²) in [5, 5.41) is 12.2. The number of nitrogens with zero attached hydrogens (tertiary/aromatic N) is 3. The van der Waals surface area contributed by atoms with Crippen LogP contribution < -0.4 is 4.90 Å². The third-order valence-electron chi connectivity index (χ3n) is 4.87. The molecule has 122 valence electrons. The van der Waals surface area contributed by atoms with Crippen LogP contribution in [-0.4, -0.2) is 23.3 Å². The molecule has 4 heteroatoms. The molecule has 2 aromatic carbocycles. The van der Waals surface area contributed by atoms with Crippen LogP contribution in [0.5, 0.6) is 0 Å². The van der Waals surface area contributed by atoms with E-state index >= 15 is 0 Å². The molecular weight excluding hydrogens is 318 g/mol. The summed E-state index contributed by atoms with van der Waals surface area (Å²) in [6.07, 6.45) is 2.43. The maximum absolute atomic E-state index is 6.01. The van der Waals surface area contributed by atoms with Gasteiger partial charge in [0.15, 0.2) is 5.82 Å². The zero-order chi connectivity index (χ0) is 16.5. The van der Waals surface area contributed by atoms with Gasteiger partial charge in [0, 0.05) is 34.4 Å². The number of hydrogen-bond acceptors (Lipinski definition) is 3. The van der Waals surface area contributed by atoms with Gasteiger partial charge in [-0.15, -0.1) is 10.2 Å². The van der Waals surface area contributed by atoms with Crippen LogP contribution in [0.2, 0.25) is 5.02 Å². The summed E-state index contributed by atoms with van der Waals surface area (Å²) in [5.41, 5.74) is 1.96. The molecule has 2 heterocycles. The highest BCUT2D eigenvalue weighted by atomic mass is 35.5. The molecule has 0 amide bonds. The van der Waals surface area contributed by atoms with Gasteiger partial charge in [0.2, 0.25) is 0 Å². The molecule has 1 aliphatic heterocycles. The van der Waals surface area contributed by atoms with Crippen LogP contribution in [0.3, 0.4) is 0 Å². The molecule has 1 aromatic heterocycles. The van der Waals surface area contributed by atoms with Gasteiger partial charge in [-0.2, -0.15) is 0 Å². The third kappa shape index (κ3) is 2.84. The summed E-state index contributed by atoms with van der Waals surface area (Å²) in [5.74, 6) is 1.81. The van der Waals surface area contributed by atoms with Gasteiger partial charge in [0.25, 0.3) is 0 Å². The zero-order valence-electron chi connectivity index (χ0n) is 13.7. The van der Waals surface area contributed by atoms with Crippen molar-refractivity contribution in [3.63, 3.8) is 0 Å². The number of rotatable bonds is 2. The maximum atomic E-state index is 6.01. The molecule has 0 radical (unpaired) electrons. The van der Waals surface area contributed by atoms with Crippen molar-refractivity contribution in [1.82, 2.24) is 10.2 Å². The van der Waals surface area contributed by atoms with E-state index in [0.717, 1.165) is 46.5 Å². The summed E-state index contributed by atoms with van der Waals surface area (Å²) < 4.78 is 0. The first-order chi connectivity index (χ1) is 11.7. The van der Waals surface area contributed by atoms with E-state index in [1.54, 1.807) is 0 Å². The van der Waals surface area contributed by atoms with E-state index < -0.39 is 0 Å². The smallest absolute Gasteiger partial charge is 0.159 e. The maximum Gasteiger partial charge on any atom is 0.159 e. The lowest BCUT2D eigenvalue weighted by Crippen LogP contribution is -2.33. The minimum atomic E-state index is 0.732. The summed E-state index contributed by atoms with van der Waals surface area (Å²) in [6, 6.07) is 16.2. The molecule has 3 nitrogen and oxygen atoms in total. The molecule has 1 fully saturated rings. The van der Waals surface area contributed by atoms with Gasteiger partial charge in [-0.25, -0.2) is 0 Å². The molecule has 0 spiro atoms. The molecule has 0 N–H and O–H groups in total. The molecule has 0 unspecified atom stereocenters. The Balaban J connectivity index is 1.81. The highest BCUT2D eigenvalue weighted by Crippen LogP contribution is 2.33. The van der Waals surface area contributed by atoms with E-state index in [2.05, 4.69) is 46.3 Å². The van der Waals surface area contributed by atoms with Crippen LogP contribution in [0.25, 0.3) is 22.0 Å². The predicted molar refractivity (Wildman–Crippen MR) is 101 cm³/mol. The highest BCUT2D eigenvalue weighted by Gasteiger charge is 2.20. The summed E-state index contributed by atoms with van der Waals surface area (Å²) in [7, 11) is 0. The van der Waals surface area contributed by atoms with Crippen LogP contribution in [0.4, 0.5) is 5.82 Å². The molecule has 0 aliphatic carbocycles. The fourth-order valence-corrected chi connectivity index (χ4v) is 3.49. The lowest BCUT2D eigenvalue weighted by Gasteiger charge is -2.31. The second-order valence-electron chi connectivity index (χ2n) is 6.59. The molecule has 3 aromatic rings. The first-order valence-corrected chi connectivity index (χ1v) is 8.86. The van der Waals surface area contributed by atoms with Gasteiger partial charge in [0.1, 0.15) is 5.69 Å². The Hall–Kier alpha value is -2.13. The minimum absolute atomic E-state index is 0.732. The molecule has 0 atom stereocenters. The Bertz CT molecular complexity index is 852. The zero-order valence-corrected chi connectivity index (χ0v) is 14.5. The van der Waals surface area contributed by atoms with Gasteiger partial charge >= 0.3 is 0 Å². The van der Waals surface area contributed by atoms with Gasteiger partial charge < -0.3 is 4.90 Å². The SMILES string of the molecule is CC1CCN(c2nnc(-c3ccc(Cl)cc3)c3ccccc23)CC1. The van der Waals surface area contributed by atoms with Crippen molar-refractivity contribution < 1.29 is 0 Å². The van der Waals surface area contributed by atoms with Crippen LogP contribution in [0, 0.1) is 5.92 Å². The van der Waals surface area contributed by atoms with Crippen molar-refractivity contribution in [2.75, 3.05) is 18.0 Å². The van der Waals surface area contributed by atoms with E-state index in [9.17, 15) is 0 Å². The number of hydrogen-bond donors (Lipinski definition) is 0. The van der Waals surface area contributed by atoms with Crippen LogP contribution in [0.15, 0.2) is 48.5 Å². The molecule has 4 rings (SSSR count). The first-order valence-electron chi connectivity index (χ1n) is 8.48. The molecular formula is C20H20ClN3. The first kappa shape index (κ1) is 15.4. The fourth-order valence-electron chi connectivity index (χ4n) is 3.36. The van der Waals surface area contributed by atoms with Crippen molar-refractivity contribution >= 4 is 28.2 Å². The number of halogens is 1. The number of anilines is 1. The van der Waals surface area contributed by atoms with E-state index in [4.69, 9.17) is 11.6 Å². The van der Waals surface area contributed by atoms with Gasteiger partial charge in [-0.1, -0.05) is 54.9 Å². The van der Waals surface area contributed by atoms with Crippen molar-refractivity contribution in [1.29, 1.82) is 0 Å². The third-order valence-corrected chi connectivity index (χ3v) is 5.12. The molecule has 1 aliphatic rings. The average Bonchev–Trinajstić information content (AvgIpc) is 2.62. The number of aromatic nitrogens is 2. The van der Waals surface area contributed by atoms with Gasteiger partial charge in [0.05, 0.1) is 0 Å². The Kier molecular flexibility index (Phi) is 4.11. The second kappa shape index (κ2) is 6.40. The van der Waals surface area contributed by atoms with Crippen molar-refractivity contribution in [2.24, 2.45) is 5.92 Å². The molecule has 1 saturated heterocycles. The van der Waals surface area contributed by atoms with E-state index in [1.807, 2.05) is 24.3 Å². The lowest BCUT2D eigenvalue weighted by atomic mass is 9.98. The molecule has 0 saturated carbocycles. The highest BCUT2D eigenvalue weighted by molar-refractivity contribution is 6.30. The molecule has 0 bridgehead atoms. The summed E-state index contributed by atoms with van der Waals surface area (Å²) in [6.45, 7) is 4.44. The lowest BCUT2D eigenvalue weighted by molar-refractivity contribution is 0.436. The number of fused-ring (bicyclic) bond motifs is 1. The topological polar surface area (TPSA) is 29.0 Å². The van der Waals surface area contributed by atoms with Crippen LogP contribution in [-0.2, 0) is 0 Å². The van der Waals surface area contributed by atoms with Crippen molar-refractivity contribution in [3.05, 3.63) is 53.6 Å². The van der Waals surface area contributed by atoms with Crippen molar-refractivity contribution in [2.45, 2.75) is 19.8 Å². The van der Waals surface area contributed by atoms with Gasteiger partial charge in [-0.3, -0.25) is 0 Å². The Morgan fingerprint density at radius 2 is 1.58 bits per heavy atom. The Morgan fingerprint density at radius 1 is 0.917 bits per heavy atom. The van der Waals surface area contributed by atoms with Gasteiger partial charge in [-0.05, 0) is 30.9 Å². The average molecular weight is 338 g/mol. The fraction of sp³-hybridized carbons (Fsp3) is 0.300. The standard InChI is InChI=1S/C20H20ClN3/c1-14-10-12-24(13-11-14)20-18-5-3-2-4-17(18)19(22-23-20)15-6-8-16(21)9-7-15/h2-9,14H,10-13H2,1H3. The minimum Gasteiger partial charge on any atom is -0.355 e. The monoisotopic (exact) mass is 337 g/mol. The van der Waals surface area contributed by atoms with Crippen molar-refractivity contribution in [3.8, 4) is 11.3 Å². The van der Waals surface area contributed by atoms with E-state index in [0.29, 0.717) is 0 Å². The quantitative estimate of drug-likeness (QED) is 0.644.